The first-order valence-electron chi connectivity index (χ1n) is 0.667. The van der Waals surface area contributed by atoms with Gasteiger partial charge in [0.1, 0.15) is 0 Å². The van der Waals surface area contributed by atoms with Gasteiger partial charge >= 0.3 is 88.5 Å². The Balaban J connectivity index is -0.0000000800. The summed E-state index contributed by atoms with van der Waals surface area (Å²) in [6, 6.07) is 0. The molecule has 7 heteroatoms. The molecular formula is Na2O4Se. The molecule has 0 radical (unpaired) electrons. The summed E-state index contributed by atoms with van der Waals surface area (Å²) in [7, 11) is 0. The van der Waals surface area contributed by atoms with E-state index in [9.17, 15) is 0 Å². The Morgan fingerprint density at radius 3 is 1.00 bits per heavy atom. The summed E-state index contributed by atoms with van der Waals surface area (Å²) in [5, 5.41) is 0. The zero-order chi connectivity index (χ0) is 4.50. The summed E-state index contributed by atoms with van der Waals surface area (Å²) in [4.78, 5) is 0. The van der Waals surface area contributed by atoms with Crippen LogP contribution in [-0.2, 0) is 7.67 Å². The van der Waals surface area contributed by atoms with Crippen LogP contribution in [0.3, 0.4) is 0 Å². The van der Waals surface area contributed by atoms with Gasteiger partial charge in [0, 0.05) is 0 Å². The Morgan fingerprint density at radius 2 is 1.00 bits per heavy atom. The molecule has 0 aromatic heterocycles. The van der Waals surface area contributed by atoms with Crippen LogP contribution < -0.4 is 67.5 Å². The van der Waals surface area contributed by atoms with Crippen molar-refractivity contribution in [1.82, 2.24) is 0 Å². The normalized spacial score (nSPS) is 8.29. The van der Waals surface area contributed by atoms with Crippen molar-refractivity contribution in [2.75, 3.05) is 0 Å². The minimum absolute atomic E-state index is 0. The monoisotopic (exact) mass is 190 g/mol. The van der Waals surface area contributed by atoms with E-state index in [-0.39, 0.29) is 59.1 Å². The quantitative estimate of drug-likeness (QED) is 0.354. The van der Waals surface area contributed by atoms with Crippen LogP contribution in [0.4, 0.5) is 0 Å². The second-order valence-corrected chi connectivity index (χ2v) is 2.12. The molecule has 0 aromatic rings. The average Bonchev–Trinajstić information content (AvgIpc) is 0.722. The molecule has 0 fully saturated rings. The van der Waals surface area contributed by atoms with E-state index >= 15 is 0 Å². The summed E-state index contributed by atoms with van der Waals surface area (Å²) in [6.07, 6.45) is 0. The molecule has 0 bridgehead atoms. The van der Waals surface area contributed by atoms with Gasteiger partial charge in [-0.05, 0) is 0 Å². The van der Waals surface area contributed by atoms with Gasteiger partial charge in [-0.25, -0.2) is 0 Å². The summed E-state index contributed by atoms with van der Waals surface area (Å²) >= 11 is -5.75. The second-order valence-electron chi connectivity index (χ2n) is 0.408. The van der Waals surface area contributed by atoms with Gasteiger partial charge in [-0.2, -0.15) is 0 Å². The van der Waals surface area contributed by atoms with E-state index in [0.717, 1.165) is 0 Å². The molecule has 0 saturated heterocycles. The van der Waals surface area contributed by atoms with Crippen LogP contribution in [0.5, 0.6) is 0 Å². The van der Waals surface area contributed by atoms with Crippen molar-refractivity contribution in [1.29, 1.82) is 0 Å². The minimum atomic E-state index is -5.75. The molecule has 0 atom stereocenters. The van der Waals surface area contributed by atoms with Crippen molar-refractivity contribution < 1.29 is 75.2 Å². The zero-order valence-corrected chi connectivity index (χ0v) is 9.75. The molecule has 32 valence electrons. The van der Waals surface area contributed by atoms with Crippen LogP contribution in [0.25, 0.3) is 0 Å². The van der Waals surface area contributed by atoms with E-state index in [1.807, 2.05) is 0 Å². The first kappa shape index (κ1) is 16.0. The van der Waals surface area contributed by atoms with E-state index in [1.165, 1.54) is 0 Å². The maximum atomic E-state index is 8.59. The fourth-order valence-corrected chi connectivity index (χ4v) is 0. The van der Waals surface area contributed by atoms with E-state index in [4.69, 9.17) is 16.0 Å². The Morgan fingerprint density at radius 1 is 1.00 bits per heavy atom. The molecule has 4 nitrogen and oxygen atoms in total. The van der Waals surface area contributed by atoms with E-state index in [1.54, 1.807) is 0 Å². The fourth-order valence-electron chi connectivity index (χ4n) is 0. The smallest absolute Gasteiger partial charge is 1.00 e. The number of hydrogen-bond acceptors (Lipinski definition) is 4. The molecule has 0 rings (SSSR count). The number of hydrogen-bond donors (Lipinski definition) is 0. The zero-order valence-electron chi connectivity index (χ0n) is 4.04. The molecule has 0 aliphatic heterocycles. The Labute approximate surface area is 87.2 Å². The topological polar surface area (TPSA) is 80.3 Å². The van der Waals surface area contributed by atoms with Crippen LogP contribution in [-0.4, -0.2) is 13.4 Å². The van der Waals surface area contributed by atoms with Crippen molar-refractivity contribution in [2.45, 2.75) is 0 Å². The van der Waals surface area contributed by atoms with E-state index in [2.05, 4.69) is 0 Å². The summed E-state index contributed by atoms with van der Waals surface area (Å²) in [5.41, 5.74) is 0. The third kappa shape index (κ3) is 70.5. The molecule has 7 heavy (non-hydrogen) atoms. The van der Waals surface area contributed by atoms with Crippen LogP contribution >= 0.6 is 0 Å². The molecule has 0 amide bonds. The van der Waals surface area contributed by atoms with Crippen LogP contribution in [0, 0.1) is 0 Å². The first-order valence-corrected chi connectivity index (χ1v) is 3.46. The summed E-state index contributed by atoms with van der Waals surface area (Å²) < 4.78 is 34.4. The van der Waals surface area contributed by atoms with Gasteiger partial charge in [-0.3, -0.25) is 0 Å². The van der Waals surface area contributed by atoms with Gasteiger partial charge in [0.25, 0.3) is 0 Å². The molecule has 0 spiro atoms. The van der Waals surface area contributed by atoms with Gasteiger partial charge in [0.05, 0.1) is 0 Å². The third-order valence-corrected chi connectivity index (χ3v) is 0. The Bertz CT molecular complexity index is 92.9. The van der Waals surface area contributed by atoms with Gasteiger partial charge in [0.2, 0.25) is 0 Å². The Kier molecular flexibility index (Phi) is 14.1. The van der Waals surface area contributed by atoms with Crippen LogP contribution in [0.2, 0.25) is 0 Å². The van der Waals surface area contributed by atoms with Crippen LogP contribution in [0.1, 0.15) is 0 Å². The predicted molar refractivity (Wildman–Crippen MR) is 7.13 cm³/mol. The van der Waals surface area contributed by atoms with Gasteiger partial charge in [-0.15, -0.1) is 0 Å². The maximum Gasteiger partial charge on any atom is 1.00 e. The largest absolute Gasteiger partial charge is 1.00 e. The Hall–Kier alpha value is 2.04. The van der Waals surface area contributed by atoms with Gasteiger partial charge in [0.15, 0.2) is 0 Å². The molecule has 0 saturated carbocycles. The van der Waals surface area contributed by atoms with Crippen LogP contribution in [0.15, 0.2) is 0 Å². The SMILES string of the molecule is O=[Se](=O)([O-])[O-].[Na+].[Na+]. The average molecular weight is 189 g/mol. The van der Waals surface area contributed by atoms with Crippen molar-refractivity contribution in [3.05, 3.63) is 0 Å². The van der Waals surface area contributed by atoms with E-state index < -0.39 is 13.4 Å². The van der Waals surface area contributed by atoms with E-state index in [0.29, 0.717) is 0 Å². The van der Waals surface area contributed by atoms with Crippen molar-refractivity contribution in [3.63, 3.8) is 0 Å². The molecule has 0 aliphatic rings. The standard InChI is InChI=1S/2Na.H2O4Se/c;;1-5(2,3)4/h;;(H2,1,2,3,4)/q2*+1;/p-2. The number of rotatable bonds is 0. The van der Waals surface area contributed by atoms with Gasteiger partial charge < -0.3 is 0 Å². The molecular weight excluding hydrogens is 189 g/mol. The maximum absolute atomic E-state index is 8.59. The first-order chi connectivity index (χ1) is 2.00. The summed E-state index contributed by atoms with van der Waals surface area (Å²) in [5.74, 6) is 0. The summed E-state index contributed by atoms with van der Waals surface area (Å²) in [6.45, 7) is 0. The predicted octanol–water partition coefficient (Wildman–Crippen LogP) is -8.99. The molecule has 0 heterocycles. The van der Waals surface area contributed by atoms with Gasteiger partial charge in [-0.1, -0.05) is 0 Å². The molecule has 0 unspecified atom stereocenters. The van der Waals surface area contributed by atoms with Crippen molar-refractivity contribution in [2.24, 2.45) is 0 Å². The molecule has 0 N–H and O–H groups in total. The van der Waals surface area contributed by atoms with Crippen molar-refractivity contribution >= 4 is 13.4 Å². The minimum Gasteiger partial charge on any atom is 1.00 e. The fraction of sp³-hybridized carbons (Fsp3) is 0. The molecule has 0 aliphatic carbocycles. The van der Waals surface area contributed by atoms with Crippen molar-refractivity contribution in [3.8, 4) is 0 Å². The second kappa shape index (κ2) is 6.16. The third-order valence-electron chi connectivity index (χ3n) is 0. The molecule has 0 aromatic carbocycles.